The minimum atomic E-state index is 0.209. The summed E-state index contributed by atoms with van der Waals surface area (Å²) in [7, 11) is 0. The van der Waals surface area contributed by atoms with Gasteiger partial charge in [0.1, 0.15) is 0 Å². The summed E-state index contributed by atoms with van der Waals surface area (Å²) in [6.07, 6.45) is 0.209. The summed E-state index contributed by atoms with van der Waals surface area (Å²) in [5, 5.41) is 0. The Morgan fingerprint density at radius 3 is 2.07 bits per heavy atom. The first-order chi connectivity index (χ1) is 6.56. The van der Waals surface area contributed by atoms with E-state index < -0.39 is 0 Å². The summed E-state index contributed by atoms with van der Waals surface area (Å²) in [4.78, 5) is 0. The first-order valence-electron chi connectivity index (χ1n) is 5.25. The van der Waals surface area contributed by atoms with Crippen molar-refractivity contribution < 1.29 is 4.74 Å². The largest absolute Gasteiger partial charge is 0.374 e. The fraction of sp³-hybridized carbons (Fsp3) is 0.538. The van der Waals surface area contributed by atoms with Gasteiger partial charge in [-0.25, -0.2) is 0 Å². The third kappa shape index (κ3) is 2.36. The van der Waals surface area contributed by atoms with Gasteiger partial charge in [0.15, 0.2) is 0 Å². The van der Waals surface area contributed by atoms with Crippen LogP contribution in [0.15, 0.2) is 12.1 Å². The van der Waals surface area contributed by atoms with E-state index in [4.69, 9.17) is 4.74 Å². The average Bonchev–Trinajstić information content (AvgIpc) is 2.01. The number of ether oxygens (including phenoxy) is 1. The molecule has 0 aliphatic rings. The Balaban J connectivity index is 3.07. The zero-order chi connectivity index (χ0) is 10.7. The fourth-order valence-electron chi connectivity index (χ4n) is 2.17. The summed E-state index contributed by atoms with van der Waals surface area (Å²) in [6, 6.07) is 4.44. The van der Waals surface area contributed by atoms with Crippen LogP contribution < -0.4 is 0 Å². The lowest BCUT2D eigenvalue weighted by Crippen LogP contribution is -2.04. The first kappa shape index (κ1) is 11.3. The van der Waals surface area contributed by atoms with E-state index in [0.29, 0.717) is 0 Å². The van der Waals surface area contributed by atoms with Gasteiger partial charge in [-0.3, -0.25) is 0 Å². The van der Waals surface area contributed by atoms with Crippen LogP contribution in [0.5, 0.6) is 0 Å². The minimum absolute atomic E-state index is 0.209. The van der Waals surface area contributed by atoms with Crippen LogP contribution in [0.3, 0.4) is 0 Å². The Morgan fingerprint density at radius 2 is 1.64 bits per heavy atom. The van der Waals surface area contributed by atoms with Gasteiger partial charge in [0.25, 0.3) is 0 Å². The van der Waals surface area contributed by atoms with Crippen molar-refractivity contribution in [2.45, 2.75) is 40.7 Å². The van der Waals surface area contributed by atoms with Crippen molar-refractivity contribution in [2.24, 2.45) is 0 Å². The van der Waals surface area contributed by atoms with E-state index >= 15 is 0 Å². The Hall–Kier alpha value is -0.820. The molecule has 0 bridgehead atoms. The van der Waals surface area contributed by atoms with Crippen LogP contribution in [-0.4, -0.2) is 6.61 Å². The maximum absolute atomic E-state index is 5.63. The van der Waals surface area contributed by atoms with Gasteiger partial charge >= 0.3 is 0 Å². The molecule has 0 spiro atoms. The monoisotopic (exact) mass is 192 g/mol. The first-order valence-corrected chi connectivity index (χ1v) is 5.25. The SMILES string of the molecule is CCOC(C)c1c(C)cc(C)cc1C. The molecule has 1 atom stereocenters. The molecule has 0 aliphatic heterocycles. The molecule has 0 saturated carbocycles. The third-order valence-corrected chi connectivity index (χ3v) is 2.56. The molecule has 78 valence electrons. The van der Waals surface area contributed by atoms with Gasteiger partial charge in [-0.15, -0.1) is 0 Å². The Labute approximate surface area is 87.1 Å². The van der Waals surface area contributed by atoms with Crippen LogP contribution >= 0.6 is 0 Å². The van der Waals surface area contributed by atoms with Crippen molar-refractivity contribution in [1.82, 2.24) is 0 Å². The van der Waals surface area contributed by atoms with Crippen molar-refractivity contribution in [2.75, 3.05) is 6.61 Å². The Bertz CT molecular complexity index is 292. The van der Waals surface area contributed by atoms with Gasteiger partial charge in [0.2, 0.25) is 0 Å². The molecule has 0 radical (unpaired) electrons. The van der Waals surface area contributed by atoms with Crippen LogP contribution in [0.25, 0.3) is 0 Å². The molecule has 0 saturated heterocycles. The molecule has 0 heterocycles. The van der Waals surface area contributed by atoms with E-state index in [1.165, 1.54) is 22.3 Å². The fourth-order valence-corrected chi connectivity index (χ4v) is 2.17. The van der Waals surface area contributed by atoms with E-state index in [0.717, 1.165) is 6.61 Å². The average molecular weight is 192 g/mol. The predicted molar refractivity (Wildman–Crippen MR) is 60.7 cm³/mol. The van der Waals surface area contributed by atoms with Crippen LogP contribution in [0, 0.1) is 20.8 Å². The van der Waals surface area contributed by atoms with E-state index in [1.807, 2.05) is 6.92 Å². The van der Waals surface area contributed by atoms with Crippen molar-refractivity contribution in [3.05, 3.63) is 34.4 Å². The molecule has 1 heteroatoms. The Morgan fingerprint density at radius 1 is 1.14 bits per heavy atom. The van der Waals surface area contributed by atoms with E-state index in [2.05, 4.69) is 39.8 Å². The summed E-state index contributed by atoms with van der Waals surface area (Å²) < 4.78 is 5.63. The molecule has 1 rings (SSSR count). The molecule has 1 nitrogen and oxygen atoms in total. The maximum atomic E-state index is 5.63. The highest BCUT2D eigenvalue weighted by Crippen LogP contribution is 2.25. The van der Waals surface area contributed by atoms with Gasteiger partial charge in [0.05, 0.1) is 6.10 Å². The number of benzene rings is 1. The van der Waals surface area contributed by atoms with Crippen LogP contribution in [-0.2, 0) is 4.74 Å². The molecule has 1 aromatic rings. The number of rotatable bonds is 3. The van der Waals surface area contributed by atoms with Crippen LogP contribution in [0.2, 0.25) is 0 Å². The molecule has 0 amide bonds. The second kappa shape index (κ2) is 4.61. The zero-order valence-corrected chi connectivity index (χ0v) is 9.85. The number of hydrogen-bond donors (Lipinski definition) is 0. The van der Waals surface area contributed by atoms with Gasteiger partial charge < -0.3 is 4.74 Å². The number of aryl methyl sites for hydroxylation is 3. The van der Waals surface area contributed by atoms with E-state index in [9.17, 15) is 0 Å². The summed E-state index contributed by atoms with van der Waals surface area (Å²) >= 11 is 0. The van der Waals surface area contributed by atoms with Gasteiger partial charge in [-0.1, -0.05) is 17.7 Å². The molecule has 0 aliphatic carbocycles. The van der Waals surface area contributed by atoms with Crippen LogP contribution in [0.1, 0.15) is 42.2 Å². The molecular weight excluding hydrogens is 172 g/mol. The summed E-state index contributed by atoms with van der Waals surface area (Å²) in [5.41, 5.74) is 5.34. The lowest BCUT2D eigenvalue weighted by molar-refractivity contribution is 0.0755. The van der Waals surface area contributed by atoms with Crippen molar-refractivity contribution >= 4 is 0 Å². The highest BCUT2D eigenvalue weighted by atomic mass is 16.5. The molecular formula is C13H20O. The van der Waals surface area contributed by atoms with Crippen molar-refractivity contribution in [1.29, 1.82) is 0 Å². The highest BCUT2D eigenvalue weighted by molar-refractivity contribution is 5.38. The molecule has 0 aromatic heterocycles. The standard InChI is InChI=1S/C13H20O/c1-6-14-12(5)13-10(3)7-9(2)8-11(13)4/h7-8,12H,6H2,1-5H3. The molecule has 1 unspecified atom stereocenters. The van der Waals surface area contributed by atoms with Crippen molar-refractivity contribution in [3.8, 4) is 0 Å². The second-order valence-electron chi connectivity index (χ2n) is 3.91. The highest BCUT2D eigenvalue weighted by Gasteiger charge is 2.11. The smallest absolute Gasteiger partial charge is 0.0801 e. The Kier molecular flexibility index (Phi) is 3.70. The predicted octanol–water partition coefficient (Wildman–Crippen LogP) is 3.71. The van der Waals surface area contributed by atoms with Gasteiger partial charge in [-0.2, -0.15) is 0 Å². The molecule has 0 N–H and O–H groups in total. The summed E-state index contributed by atoms with van der Waals surface area (Å²) in [5.74, 6) is 0. The topological polar surface area (TPSA) is 9.23 Å². The lowest BCUT2D eigenvalue weighted by Gasteiger charge is -2.18. The molecule has 1 aromatic carbocycles. The van der Waals surface area contributed by atoms with Gasteiger partial charge in [0, 0.05) is 6.61 Å². The minimum Gasteiger partial charge on any atom is -0.374 e. The maximum Gasteiger partial charge on any atom is 0.0801 e. The summed E-state index contributed by atoms with van der Waals surface area (Å²) in [6.45, 7) is 11.4. The zero-order valence-electron chi connectivity index (χ0n) is 9.85. The molecule has 14 heavy (non-hydrogen) atoms. The van der Waals surface area contributed by atoms with E-state index in [-0.39, 0.29) is 6.10 Å². The third-order valence-electron chi connectivity index (χ3n) is 2.56. The molecule has 0 fully saturated rings. The number of hydrogen-bond acceptors (Lipinski definition) is 1. The lowest BCUT2D eigenvalue weighted by atomic mass is 9.96. The van der Waals surface area contributed by atoms with Gasteiger partial charge in [-0.05, 0) is 51.3 Å². The van der Waals surface area contributed by atoms with Crippen molar-refractivity contribution in [3.63, 3.8) is 0 Å². The normalized spacial score (nSPS) is 12.9. The quantitative estimate of drug-likeness (QED) is 0.709. The van der Waals surface area contributed by atoms with E-state index in [1.54, 1.807) is 0 Å². The second-order valence-corrected chi connectivity index (χ2v) is 3.91. The van der Waals surface area contributed by atoms with Crippen LogP contribution in [0.4, 0.5) is 0 Å².